The third-order valence-electron chi connectivity index (χ3n) is 8.38. The lowest BCUT2D eigenvalue weighted by Gasteiger charge is -2.34. The molecule has 2 aliphatic heterocycles. The van der Waals surface area contributed by atoms with Gasteiger partial charge in [-0.3, -0.25) is 10.4 Å². The molecule has 2 atom stereocenters. The number of H-pyrrole nitrogens is 1. The first-order chi connectivity index (χ1) is 18.8. The monoisotopic (exact) mass is 514 g/mol. The fraction of sp³-hybridized carbons (Fsp3) is 0.567. The lowest BCUT2D eigenvalue weighted by molar-refractivity contribution is 0.314. The van der Waals surface area contributed by atoms with Gasteiger partial charge in [-0.2, -0.15) is 10.1 Å². The first-order valence-electron chi connectivity index (χ1n) is 14.8. The molecular formula is C30H42N8. The number of aryl methyl sites for hydroxylation is 1. The van der Waals surface area contributed by atoms with Crippen LogP contribution in [-0.4, -0.2) is 52.0 Å². The van der Waals surface area contributed by atoms with Crippen molar-refractivity contribution in [3.63, 3.8) is 0 Å². The molecule has 38 heavy (non-hydrogen) atoms. The molecule has 2 aromatic heterocycles. The molecule has 0 saturated carbocycles. The number of aromatic amines is 1. The van der Waals surface area contributed by atoms with E-state index in [1.54, 1.807) is 0 Å². The third-order valence-corrected chi connectivity index (χ3v) is 8.38. The molecule has 1 aliphatic carbocycles. The maximum atomic E-state index is 5.22. The van der Waals surface area contributed by atoms with Gasteiger partial charge in [0.2, 0.25) is 5.95 Å². The molecule has 3 aliphatic rings. The van der Waals surface area contributed by atoms with Gasteiger partial charge in [-0.25, -0.2) is 4.98 Å². The Morgan fingerprint density at radius 3 is 2.58 bits per heavy atom. The minimum Gasteiger partial charge on any atom is -0.356 e. The van der Waals surface area contributed by atoms with E-state index in [-0.39, 0.29) is 12.2 Å². The van der Waals surface area contributed by atoms with E-state index < -0.39 is 0 Å². The number of anilines is 2. The average Bonchev–Trinajstić information content (AvgIpc) is 3.12. The standard InChI is InChI=1S/C30H42N8/c1-2-10-19-38(18-9-1)29-24-14-7-4-8-15-25(24)34-30(36-29)35-26-16-11-17-31-28(26)32-20-23-21-33-37-27(23)22-12-5-3-6-13-22/h3,5-6,12-13,21,26,28,31-32H,1-2,4,7-11,14-20H2,(H,33,37)(H,34,35,36). The van der Waals surface area contributed by atoms with Crippen molar-refractivity contribution in [2.75, 3.05) is 29.9 Å². The Hall–Kier alpha value is -2.97. The molecule has 2 fully saturated rings. The van der Waals surface area contributed by atoms with Gasteiger partial charge in [0.05, 0.1) is 29.8 Å². The number of piperidine rings is 1. The molecule has 8 heteroatoms. The van der Waals surface area contributed by atoms with Crippen LogP contribution in [0.3, 0.4) is 0 Å². The van der Waals surface area contributed by atoms with Gasteiger partial charge >= 0.3 is 0 Å². The zero-order valence-corrected chi connectivity index (χ0v) is 22.5. The van der Waals surface area contributed by atoms with Crippen molar-refractivity contribution in [2.24, 2.45) is 0 Å². The summed E-state index contributed by atoms with van der Waals surface area (Å²) in [6.07, 6.45) is 15.4. The van der Waals surface area contributed by atoms with Crippen molar-refractivity contribution in [3.8, 4) is 11.3 Å². The van der Waals surface area contributed by atoms with Crippen molar-refractivity contribution in [1.82, 2.24) is 30.8 Å². The Bertz CT molecular complexity index is 1170. The summed E-state index contributed by atoms with van der Waals surface area (Å²) in [5.41, 5.74) is 6.10. The zero-order valence-electron chi connectivity index (χ0n) is 22.5. The molecule has 0 radical (unpaired) electrons. The Balaban J connectivity index is 1.20. The first kappa shape index (κ1) is 25.3. The van der Waals surface area contributed by atoms with Gasteiger partial charge in [0.1, 0.15) is 5.82 Å². The molecule has 0 spiro atoms. The lowest BCUT2D eigenvalue weighted by Crippen LogP contribution is -2.56. The Labute approximate surface area is 226 Å². The normalized spacial score (nSPS) is 22.4. The van der Waals surface area contributed by atoms with Crippen LogP contribution in [0.5, 0.6) is 0 Å². The second-order valence-electron chi connectivity index (χ2n) is 11.1. The second-order valence-corrected chi connectivity index (χ2v) is 11.1. The second kappa shape index (κ2) is 12.3. The third kappa shape index (κ3) is 5.86. The molecule has 4 N–H and O–H groups in total. The number of nitrogens with one attached hydrogen (secondary N) is 4. The van der Waals surface area contributed by atoms with Crippen molar-refractivity contribution in [2.45, 2.75) is 89.4 Å². The minimum absolute atomic E-state index is 0.131. The van der Waals surface area contributed by atoms with Gasteiger partial charge < -0.3 is 15.5 Å². The van der Waals surface area contributed by atoms with Crippen molar-refractivity contribution in [3.05, 3.63) is 53.3 Å². The Kier molecular flexibility index (Phi) is 8.17. The summed E-state index contributed by atoms with van der Waals surface area (Å²) in [6, 6.07) is 10.6. The van der Waals surface area contributed by atoms with Gasteiger partial charge in [0.15, 0.2) is 0 Å². The number of hydrogen-bond donors (Lipinski definition) is 4. The van der Waals surface area contributed by atoms with Crippen LogP contribution in [0.2, 0.25) is 0 Å². The number of rotatable bonds is 7. The molecule has 0 bridgehead atoms. The molecule has 6 rings (SSSR count). The van der Waals surface area contributed by atoms with E-state index >= 15 is 0 Å². The number of benzene rings is 1. The van der Waals surface area contributed by atoms with Crippen molar-refractivity contribution < 1.29 is 0 Å². The van der Waals surface area contributed by atoms with E-state index in [0.717, 1.165) is 69.1 Å². The summed E-state index contributed by atoms with van der Waals surface area (Å²) >= 11 is 0. The van der Waals surface area contributed by atoms with Crippen LogP contribution < -0.4 is 20.9 Å². The molecule has 3 aromatic rings. The summed E-state index contributed by atoms with van der Waals surface area (Å²) in [4.78, 5) is 12.9. The topological polar surface area (TPSA) is 93.8 Å². The number of aromatic nitrogens is 4. The first-order valence-corrected chi connectivity index (χ1v) is 14.8. The molecule has 4 heterocycles. The van der Waals surface area contributed by atoms with E-state index in [1.165, 1.54) is 67.6 Å². The van der Waals surface area contributed by atoms with Crippen molar-refractivity contribution in [1.29, 1.82) is 0 Å². The average molecular weight is 515 g/mol. The minimum atomic E-state index is 0.131. The summed E-state index contributed by atoms with van der Waals surface area (Å²) in [5, 5.41) is 18.8. The predicted octanol–water partition coefficient (Wildman–Crippen LogP) is 4.80. The van der Waals surface area contributed by atoms with Crippen LogP contribution in [0.4, 0.5) is 11.8 Å². The van der Waals surface area contributed by atoms with E-state index in [2.05, 4.69) is 55.3 Å². The fourth-order valence-corrected chi connectivity index (χ4v) is 6.30. The Morgan fingerprint density at radius 1 is 0.895 bits per heavy atom. The van der Waals surface area contributed by atoms with Crippen LogP contribution in [-0.2, 0) is 19.4 Å². The molecule has 2 unspecified atom stereocenters. The van der Waals surface area contributed by atoms with E-state index in [9.17, 15) is 0 Å². The van der Waals surface area contributed by atoms with E-state index in [4.69, 9.17) is 9.97 Å². The highest BCUT2D eigenvalue weighted by atomic mass is 15.3. The number of fused-ring (bicyclic) bond motifs is 1. The van der Waals surface area contributed by atoms with Gasteiger partial charge in [-0.05, 0) is 63.5 Å². The summed E-state index contributed by atoms with van der Waals surface area (Å²) in [7, 11) is 0. The smallest absolute Gasteiger partial charge is 0.225 e. The van der Waals surface area contributed by atoms with Crippen LogP contribution in [0.15, 0.2) is 36.5 Å². The van der Waals surface area contributed by atoms with Gasteiger partial charge in [0.25, 0.3) is 0 Å². The summed E-state index contributed by atoms with van der Waals surface area (Å²) in [5.74, 6) is 2.01. The van der Waals surface area contributed by atoms with Gasteiger partial charge in [0, 0.05) is 30.8 Å². The SMILES string of the molecule is c1ccc(-c2[nH]ncc2CNC2NCCCC2Nc2nc3c(c(N4CCCCCC4)n2)CCCCC3)cc1. The predicted molar refractivity (Wildman–Crippen MR) is 153 cm³/mol. The molecule has 2 saturated heterocycles. The fourth-order valence-electron chi connectivity index (χ4n) is 6.30. The quantitative estimate of drug-likeness (QED) is 0.337. The van der Waals surface area contributed by atoms with Gasteiger partial charge in [-0.1, -0.05) is 49.6 Å². The highest BCUT2D eigenvalue weighted by Gasteiger charge is 2.27. The highest BCUT2D eigenvalue weighted by molar-refractivity contribution is 5.62. The zero-order chi connectivity index (χ0) is 25.6. The molecular weight excluding hydrogens is 472 g/mol. The van der Waals surface area contributed by atoms with Crippen LogP contribution in [0.1, 0.15) is 74.6 Å². The summed E-state index contributed by atoms with van der Waals surface area (Å²) in [6.45, 7) is 3.98. The summed E-state index contributed by atoms with van der Waals surface area (Å²) < 4.78 is 0. The maximum absolute atomic E-state index is 5.22. The molecule has 202 valence electrons. The highest BCUT2D eigenvalue weighted by Crippen LogP contribution is 2.31. The molecule has 0 amide bonds. The molecule has 8 nitrogen and oxygen atoms in total. The van der Waals surface area contributed by atoms with Crippen LogP contribution in [0.25, 0.3) is 11.3 Å². The molecule has 1 aromatic carbocycles. The number of hydrogen-bond acceptors (Lipinski definition) is 7. The van der Waals surface area contributed by atoms with Crippen molar-refractivity contribution >= 4 is 11.8 Å². The van der Waals surface area contributed by atoms with Crippen LogP contribution in [0, 0.1) is 0 Å². The largest absolute Gasteiger partial charge is 0.356 e. The lowest BCUT2D eigenvalue weighted by atomic mass is 10.0. The Morgan fingerprint density at radius 2 is 1.71 bits per heavy atom. The van der Waals surface area contributed by atoms with E-state index in [0.29, 0.717) is 0 Å². The maximum Gasteiger partial charge on any atom is 0.225 e. The number of nitrogens with zero attached hydrogens (tertiary/aromatic N) is 4. The van der Waals surface area contributed by atoms with Gasteiger partial charge in [-0.15, -0.1) is 0 Å². The van der Waals surface area contributed by atoms with E-state index in [1.807, 2.05) is 12.3 Å². The van der Waals surface area contributed by atoms with Crippen LogP contribution >= 0.6 is 0 Å².